The average Bonchev–Trinajstić information content (AvgIpc) is 2.17. The van der Waals surface area contributed by atoms with Gasteiger partial charge in [-0.25, -0.2) is 0 Å². The molecule has 1 aromatic rings. The maximum atomic E-state index is 11.0. The van der Waals surface area contributed by atoms with Crippen LogP contribution in [0.1, 0.15) is 19.4 Å². The summed E-state index contributed by atoms with van der Waals surface area (Å²) in [5, 5.41) is 9.67. The van der Waals surface area contributed by atoms with Gasteiger partial charge < -0.3 is 5.11 Å². The van der Waals surface area contributed by atoms with Crippen molar-refractivity contribution < 1.29 is 9.90 Å². The van der Waals surface area contributed by atoms with Crippen LogP contribution in [0.25, 0.3) is 5.57 Å². The van der Waals surface area contributed by atoms with Gasteiger partial charge in [0.2, 0.25) is 0 Å². The lowest BCUT2D eigenvalue weighted by molar-refractivity contribution is -0.143. The van der Waals surface area contributed by atoms with Crippen molar-refractivity contribution in [2.45, 2.75) is 13.8 Å². The summed E-state index contributed by atoms with van der Waals surface area (Å²) in [5.41, 5.74) is 0.409. The third-order valence-corrected chi connectivity index (χ3v) is 2.73. The number of carboxylic acids is 1. The molecule has 0 aliphatic carbocycles. The molecule has 0 saturated heterocycles. The second-order valence-electron chi connectivity index (χ2n) is 3.92. The van der Waals surface area contributed by atoms with Crippen LogP contribution in [0.5, 0.6) is 0 Å². The van der Waals surface area contributed by atoms with Crippen LogP contribution in [0.4, 0.5) is 0 Å². The molecule has 1 rings (SSSR count). The Bertz CT molecular complexity index is 391. The van der Waals surface area contributed by atoms with Gasteiger partial charge in [0, 0.05) is 5.02 Å². The highest BCUT2D eigenvalue weighted by Gasteiger charge is 2.31. The van der Waals surface area contributed by atoms with Crippen LogP contribution in [0.2, 0.25) is 5.02 Å². The van der Waals surface area contributed by atoms with Crippen molar-refractivity contribution in [1.29, 1.82) is 0 Å². The van der Waals surface area contributed by atoms with Crippen molar-refractivity contribution in [3.05, 3.63) is 41.4 Å². The van der Waals surface area contributed by atoms with Crippen LogP contribution in [-0.2, 0) is 4.79 Å². The van der Waals surface area contributed by atoms with Gasteiger partial charge in [-0.1, -0.05) is 30.3 Å². The van der Waals surface area contributed by atoms with Gasteiger partial charge in [0.15, 0.2) is 0 Å². The third-order valence-electron chi connectivity index (χ3n) is 2.48. The van der Waals surface area contributed by atoms with Gasteiger partial charge in [-0.15, -0.1) is 0 Å². The second-order valence-corrected chi connectivity index (χ2v) is 4.35. The van der Waals surface area contributed by atoms with Crippen LogP contribution in [0, 0.1) is 5.41 Å². The Morgan fingerprint density at radius 2 is 1.80 bits per heavy atom. The lowest BCUT2D eigenvalue weighted by Crippen LogP contribution is -2.24. The van der Waals surface area contributed by atoms with E-state index < -0.39 is 11.4 Å². The Morgan fingerprint density at radius 3 is 2.20 bits per heavy atom. The van der Waals surface area contributed by atoms with Crippen LogP contribution < -0.4 is 0 Å². The van der Waals surface area contributed by atoms with Crippen LogP contribution in [-0.4, -0.2) is 11.1 Å². The lowest BCUT2D eigenvalue weighted by Gasteiger charge is -2.22. The molecule has 2 nitrogen and oxygen atoms in total. The van der Waals surface area contributed by atoms with Gasteiger partial charge in [-0.3, -0.25) is 4.79 Å². The number of hydrogen-bond acceptors (Lipinski definition) is 1. The van der Waals surface area contributed by atoms with E-state index in [4.69, 9.17) is 16.7 Å². The Morgan fingerprint density at radius 1 is 1.33 bits per heavy atom. The molecule has 1 N–H and O–H groups in total. The van der Waals surface area contributed by atoms with Crippen LogP contribution in [0.15, 0.2) is 30.8 Å². The maximum Gasteiger partial charge on any atom is 0.313 e. The molecule has 0 amide bonds. The number of hydrogen-bond donors (Lipinski definition) is 1. The average molecular weight is 225 g/mol. The fourth-order valence-corrected chi connectivity index (χ4v) is 1.27. The van der Waals surface area contributed by atoms with E-state index in [0.717, 1.165) is 5.56 Å². The first kappa shape index (κ1) is 11.8. The topological polar surface area (TPSA) is 37.3 Å². The van der Waals surface area contributed by atoms with E-state index in [1.807, 2.05) is 0 Å². The van der Waals surface area contributed by atoms with Crippen molar-refractivity contribution in [2.75, 3.05) is 0 Å². The molecule has 0 radical (unpaired) electrons. The standard InChI is InChI=1S/C12H13ClO2/c1-8(12(2,3)11(14)15)9-4-6-10(13)7-5-9/h4-7H,1H2,2-3H3,(H,14,15). The molecule has 0 heterocycles. The molecule has 0 spiro atoms. The zero-order valence-corrected chi connectivity index (χ0v) is 9.51. The normalized spacial score (nSPS) is 11.1. The summed E-state index contributed by atoms with van der Waals surface area (Å²) < 4.78 is 0. The lowest BCUT2D eigenvalue weighted by atomic mass is 9.81. The highest BCUT2D eigenvalue weighted by Crippen LogP contribution is 2.33. The molecule has 3 heteroatoms. The van der Waals surface area contributed by atoms with E-state index in [0.29, 0.717) is 10.6 Å². The third kappa shape index (κ3) is 2.39. The van der Waals surface area contributed by atoms with E-state index in [2.05, 4.69) is 6.58 Å². The zero-order chi connectivity index (χ0) is 11.6. The smallest absolute Gasteiger partial charge is 0.313 e. The number of benzene rings is 1. The van der Waals surface area contributed by atoms with Crippen molar-refractivity contribution in [3.8, 4) is 0 Å². The van der Waals surface area contributed by atoms with Crippen molar-refractivity contribution in [2.24, 2.45) is 5.41 Å². The summed E-state index contributed by atoms with van der Waals surface area (Å²) in [5.74, 6) is -0.887. The zero-order valence-electron chi connectivity index (χ0n) is 8.75. The van der Waals surface area contributed by atoms with Gasteiger partial charge in [0.25, 0.3) is 0 Å². The van der Waals surface area contributed by atoms with E-state index in [1.54, 1.807) is 38.1 Å². The SMILES string of the molecule is C=C(c1ccc(Cl)cc1)C(C)(C)C(=O)O. The number of rotatable bonds is 3. The quantitative estimate of drug-likeness (QED) is 0.854. The molecule has 0 saturated carbocycles. The molecule has 0 bridgehead atoms. The van der Waals surface area contributed by atoms with Crippen LogP contribution in [0.3, 0.4) is 0 Å². The molecule has 0 atom stereocenters. The fraction of sp³-hybridized carbons (Fsp3) is 0.250. The summed E-state index contributed by atoms with van der Waals surface area (Å²) >= 11 is 5.75. The number of aliphatic carboxylic acids is 1. The molecule has 0 aliphatic heterocycles. The number of halogens is 1. The molecule has 80 valence electrons. The molecule has 15 heavy (non-hydrogen) atoms. The molecular formula is C12H13ClO2. The first-order chi connectivity index (χ1) is 6.85. The highest BCUT2D eigenvalue weighted by molar-refractivity contribution is 6.30. The summed E-state index contributed by atoms with van der Waals surface area (Å²) in [6.45, 7) is 7.09. The molecular weight excluding hydrogens is 212 g/mol. The Balaban J connectivity index is 3.05. The predicted molar refractivity (Wildman–Crippen MR) is 61.9 cm³/mol. The summed E-state index contributed by atoms with van der Waals surface area (Å²) in [7, 11) is 0. The minimum atomic E-state index is -0.964. The van der Waals surface area contributed by atoms with E-state index >= 15 is 0 Å². The molecule has 0 unspecified atom stereocenters. The fourth-order valence-electron chi connectivity index (χ4n) is 1.14. The van der Waals surface area contributed by atoms with Crippen molar-refractivity contribution >= 4 is 23.1 Å². The first-order valence-corrected chi connectivity index (χ1v) is 4.92. The Labute approximate surface area is 94.2 Å². The molecule has 0 fully saturated rings. The first-order valence-electron chi connectivity index (χ1n) is 4.54. The minimum Gasteiger partial charge on any atom is -0.481 e. The van der Waals surface area contributed by atoms with Crippen molar-refractivity contribution in [3.63, 3.8) is 0 Å². The summed E-state index contributed by atoms with van der Waals surface area (Å²) in [6.07, 6.45) is 0. The van der Waals surface area contributed by atoms with Gasteiger partial charge in [0.05, 0.1) is 5.41 Å². The van der Waals surface area contributed by atoms with Gasteiger partial charge in [0.1, 0.15) is 0 Å². The number of carbonyl (C=O) groups is 1. The Kier molecular flexibility index (Phi) is 3.20. The predicted octanol–water partition coefficient (Wildman–Crippen LogP) is 3.46. The highest BCUT2D eigenvalue weighted by atomic mass is 35.5. The van der Waals surface area contributed by atoms with Gasteiger partial charge >= 0.3 is 5.97 Å². The monoisotopic (exact) mass is 224 g/mol. The molecule has 0 aromatic heterocycles. The summed E-state index contributed by atoms with van der Waals surface area (Å²) in [6, 6.07) is 6.99. The van der Waals surface area contributed by atoms with Crippen LogP contribution >= 0.6 is 11.6 Å². The van der Waals surface area contributed by atoms with Gasteiger partial charge in [-0.2, -0.15) is 0 Å². The maximum absolute atomic E-state index is 11.0. The second kappa shape index (κ2) is 4.07. The van der Waals surface area contributed by atoms with E-state index in [1.165, 1.54) is 0 Å². The summed E-state index contributed by atoms with van der Waals surface area (Å²) in [4.78, 5) is 11.0. The molecule has 1 aromatic carbocycles. The number of carboxylic acid groups (broad SMARTS) is 1. The molecule has 0 aliphatic rings. The van der Waals surface area contributed by atoms with E-state index in [-0.39, 0.29) is 0 Å². The largest absolute Gasteiger partial charge is 0.481 e. The van der Waals surface area contributed by atoms with Gasteiger partial charge in [-0.05, 0) is 37.1 Å². The Hall–Kier alpha value is -1.28. The minimum absolute atomic E-state index is 0.576. The van der Waals surface area contributed by atoms with Crippen molar-refractivity contribution in [1.82, 2.24) is 0 Å². The van der Waals surface area contributed by atoms with E-state index in [9.17, 15) is 4.79 Å².